The van der Waals surface area contributed by atoms with Crippen LogP contribution in [0.4, 0.5) is 0 Å². The number of rotatable bonds is 68. The molecule has 0 bridgehead atoms. The number of ether oxygens (including phenoxy) is 2. The molecule has 0 aromatic carbocycles. The van der Waals surface area contributed by atoms with Gasteiger partial charge in [-0.15, -0.1) is 0 Å². The van der Waals surface area contributed by atoms with Crippen molar-refractivity contribution in [3.05, 3.63) is 24.3 Å². The van der Waals surface area contributed by atoms with E-state index < -0.39 is 74.2 Å². The maximum Gasteiger partial charge on any atom is 0.249 e. The van der Waals surface area contributed by atoms with Gasteiger partial charge in [0.2, 0.25) is 5.91 Å². The monoisotopic (exact) mass is 1230 g/mol. The molecule has 9 unspecified atom stereocenters. The lowest BCUT2D eigenvalue weighted by molar-refractivity contribution is -0.303. The predicted molar refractivity (Wildman–Crippen MR) is 367 cm³/mol. The zero-order valence-electron chi connectivity index (χ0n) is 57.3. The van der Waals surface area contributed by atoms with Gasteiger partial charge in [0.05, 0.1) is 25.4 Å². The fourth-order valence-electron chi connectivity index (χ4n) is 12.6. The van der Waals surface area contributed by atoms with Gasteiger partial charge < -0.3 is 50.5 Å². The van der Waals surface area contributed by atoms with E-state index in [9.17, 15) is 40.5 Å². The first kappa shape index (κ1) is 83.6. The van der Waals surface area contributed by atoms with Crippen molar-refractivity contribution in [1.29, 1.82) is 0 Å². The zero-order chi connectivity index (χ0) is 63.1. The Labute approximate surface area is 537 Å². The number of hydrogen-bond donors (Lipinski definition) is 8. The number of nitrogens with one attached hydrogen (secondary N) is 1. The van der Waals surface area contributed by atoms with Crippen molar-refractivity contribution in [2.24, 2.45) is 0 Å². The van der Waals surface area contributed by atoms with Gasteiger partial charge in [0.1, 0.15) is 36.6 Å². The summed E-state index contributed by atoms with van der Waals surface area (Å²) in [6.07, 6.45) is 71.5. The van der Waals surface area contributed by atoms with Gasteiger partial charge in [-0.1, -0.05) is 346 Å². The van der Waals surface area contributed by atoms with Gasteiger partial charge in [-0.05, 0) is 64.2 Å². The molecule has 11 nitrogen and oxygen atoms in total. The third-order valence-corrected chi connectivity index (χ3v) is 18.7. The van der Waals surface area contributed by atoms with Gasteiger partial charge in [0.25, 0.3) is 0 Å². The van der Waals surface area contributed by atoms with Crippen LogP contribution < -0.4 is 5.32 Å². The summed E-state index contributed by atoms with van der Waals surface area (Å²) in [5.41, 5.74) is 0. The SMILES string of the molecule is CCCCCCCCCCCCCCCCCCC/C=C/CCCC(O)C(O)C(COC1OC(CO)C(O)C(O)C1O)NC(=O)C(O)CCCCCCCCCCCCCCCCCC/C=C\CCCCCCCCCCCCCCCCCCCC. The van der Waals surface area contributed by atoms with Crippen LogP contribution in [0, 0.1) is 0 Å². The molecule has 0 aliphatic carbocycles. The number of aliphatic hydroxyl groups is 7. The number of amides is 1. The summed E-state index contributed by atoms with van der Waals surface area (Å²) in [5.74, 6) is -0.699. The Morgan fingerprint density at radius 1 is 0.391 bits per heavy atom. The second-order valence-electron chi connectivity index (χ2n) is 27.1. The Morgan fingerprint density at radius 3 is 0.989 bits per heavy atom. The van der Waals surface area contributed by atoms with Crippen LogP contribution in [0.5, 0.6) is 0 Å². The highest BCUT2D eigenvalue weighted by Gasteiger charge is 2.44. The Morgan fingerprint density at radius 2 is 0.678 bits per heavy atom. The van der Waals surface area contributed by atoms with E-state index in [0.29, 0.717) is 12.8 Å². The second kappa shape index (κ2) is 64.7. The van der Waals surface area contributed by atoms with E-state index in [4.69, 9.17) is 9.47 Å². The smallest absolute Gasteiger partial charge is 0.249 e. The maximum atomic E-state index is 13.3. The molecule has 0 aromatic heterocycles. The van der Waals surface area contributed by atoms with E-state index in [1.54, 1.807) is 0 Å². The Hall–Kier alpha value is -1.41. The van der Waals surface area contributed by atoms with Crippen molar-refractivity contribution in [3.8, 4) is 0 Å². The Bertz CT molecular complexity index is 1460. The van der Waals surface area contributed by atoms with E-state index in [1.807, 2.05) is 0 Å². The van der Waals surface area contributed by atoms with Gasteiger partial charge in [-0.3, -0.25) is 4.79 Å². The highest BCUT2D eigenvalue weighted by atomic mass is 16.7. The van der Waals surface area contributed by atoms with Crippen LogP contribution in [0.15, 0.2) is 24.3 Å². The summed E-state index contributed by atoms with van der Waals surface area (Å²) in [7, 11) is 0. The number of allylic oxidation sites excluding steroid dienone is 4. The van der Waals surface area contributed by atoms with Crippen molar-refractivity contribution in [1.82, 2.24) is 5.32 Å². The molecule has 1 aliphatic rings. The summed E-state index contributed by atoms with van der Waals surface area (Å²) in [4.78, 5) is 13.3. The minimum Gasteiger partial charge on any atom is -0.394 e. The third kappa shape index (κ3) is 51.8. The molecular formula is C76H147NO10. The summed E-state index contributed by atoms with van der Waals surface area (Å²) in [6, 6.07) is -1.18. The van der Waals surface area contributed by atoms with E-state index in [2.05, 4.69) is 43.5 Å². The van der Waals surface area contributed by atoms with Crippen LogP contribution in [0.2, 0.25) is 0 Å². The average molecular weight is 1240 g/mol. The zero-order valence-corrected chi connectivity index (χ0v) is 57.3. The largest absolute Gasteiger partial charge is 0.394 e. The van der Waals surface area contributed by atoms with Crippen LogP contribution >= 0.6 is 0 Å². The van der Waals surface area contributed by atoms with Gasteiger partial charge in [0, 0.05) is 0 Å². The van der Waals surface area contributed by atoms with Gasteiger partial charge in [0.15, 0.2) is 6.29 Å². The first-order chi connectivity index (χ1) is 42.7. The molecule has 1 saturated heterocycles. The van der Waals surface area contributed by atoms with Gasteiger partial charge in [-0.2, -0.15) is 0 Å². The molecule has 1 amide bonds. The number of aliphatic hydroxyl groups excluding tert-OH is 7. The van der Waals surface area contributed by atoms with E-state index in [1.165, 1.54) is 308 Å². The first-order valence-corrected chi connectivity index (χ1v) is 38.2. The predicted octanol–water partition coefficient (Wildman–Crippen LogP) is 19.1. The minimum atomic E-state index is -1.67. The molecule has 516 valence electrons. The molecule has 87 heavy (non-hydrogen) atoms. The fourth-order valence-corrected chi connectivity index (χ4v) is 12.6. The lowest BCUT2D eigenvalue weighted by Gasteiger charge is -2.40. The summed E-state index contributed by atoms with van der Waals surface area (Å²) < 4.78 is 11.2. The lowest BCUT2D eigenvalue weighted by Crippen LogP contribution is -2.60. The molecule has 1 heterocycles. The summed E-state index contributed by atoms with van der Waals surface area (Å²) in [6.45, 7) is 3.51. The molecule has 0 aromatic rings. The maximum absolute atomic E-state index is 13.3. The van der Waals surface area contributed by atoms with E-state index in [-0.39, 0.29) is 12.8 Å². The Kier molecular flexibility index (Phi) is 62.2. The van der Waals surface area contributed by atoms with Crippen molar-refractivity contribution >= 4 is 5.91 Å². The number of carbonyl (C=O) groups excluding carboxylic acids is 1. The van der Waals surface area contributed by atoms with Crippen LogP contribution in [-0.2, 0) is 14.3 Å². The van der Waals surface area contributed by atoms with Gasteiger partial charge in [-0.25, -0.2) is 0 Å². The molecule has 1 rings (SSSR count). The topological polar surface area (TPSA) is 189 Å². The molecule has 11 heteroatoms. The van der Waals surface area contributed by atoms with Crippen molar-refractivity contribution in [3.63, 3.8) is 0 Å². The molecule has 0 radical (unpaired) electrons. The molecule has 8 N–H and O–H groups in total. The molecule has 1 aliphatic heterocycles. The van der Waals surface area contributed by atoms with E-state index >= 15 is 0 Å². The van der Waals surface area contributed by atoms with Crippen molar-refractivity contribution < 1.29 is 50.0 Å². The van der Waals surface area contributed by atoms with Crippen LogP contribution in [0.3, 0.4) is 0 Å². The number of unbranched alkanes of at least 4 members (excludes halogenated alkanes) is 52. The second-order valence-corrected chi connectivity index (χ2v) is 27.1. The minimum absolute atomic E-state index is 0.258. The normalized spacial score (nSPS) is 18.7. The first-order valence-electron chi connectivity index (χ1n) is 38.2. The van der Waals surface area contributed by atoms with Crippen molar-refractivity contribution in [2.45, 2.75) is 441 Å². The van der Waals surface area contributed by atoms with Gasteiger partial charge >= 0.3 is 0 Å². The highest BCUT2D eigenvalue weighted by Crippen LogP contribution is 2.24. The lowest BCUT2D eigenvalue weighted by atomic mass is 9.98. The molecule has 0 saturated carbocycles. The van der Waals surface area contributed by atoms with Crippen LogP contribution in [-0.4, -0.2) is 110 Å². The highest BCUT2D eigenvalue weighted by molar-refractivity contribution is 5.80. The molecular weight excluding hydrogens is 1090 g/mol. The summed E-state index contributed by atoms with van der Waals surface area (Å²) in [5, 5.41) is 76.5. The molecule has 9 atom stereocenters. The average Bonchev–Trinajstić information content (AvgIpc) is 2.02. The van der Waals surface area contributed by atoms with E-state index in [0.717, 1.165) is 38.5 Å². The fraction of sp³-hybridized carbons (Fsp3) is 0.934. The third-order valence-electron chi connectivity index (χ3n) is 18.7. The Balaban J connectivity index is 2.13. The molecule has 1 fully saturated rings. The van der Waals surface area contributed by atoms with Crippen LogP contribution in [0.25, 0.3) is 0 Å². The van der Waals surface area contributed by atoms with Crippen LogP contribution in [0.1, 0.15) is 386 Å². The molecule has 0 spiro atoms. The number of carbonyl (C=O) groups is 1. The standard InChI is InChI=1S/C76H147NO10/c1-3-5-7-9-11-13-15-17-19-21-23-25-27-28-29-30-31-32-33-34-35-36-37-38-39-40-41-42-44-46-48-50-52-54-56-58-60-62-64-69(80)75(85)77-67(66-86-76-74(84)73(83)72(82)70(65-78)87-76)71(81)68(79)63-61-59-57-55-53-51-49-47-45-43-26-24-22-20-18-16-14-12-10-8-6-4-2/h34-35,55,57,67-74,76,78-84H,3-33,36-54,56,58-66H2,1-2H3,(H,77,85)/b35-34-,57-55+. The summed E-state index contributed by atoms with van der Waals surface area (Å²) >= 11 is 0. The quantitative estimate of drug-likeness (QED) is 0.0215. The van der Waals surface area contributed by atoms with Crippen molar-refractivity contribution in [2.75, 3.05) is 13.2 Å². The number of hydrogen-bond acceptors (Lipinski definition) is 10.